The summed E-state index contributed by atoms with van der Waals surface area (Å²) in [7, 11) is 0. The van der Waals surface area contributed by atoms with Gasteiger partial charge in [-0.25, -0.2) is 0 Å². The molecule has 1 aliphatic heterocycles. The van der Waals surface area contributed by atoms with Gasteiger partial charge in [0, 0.05) is 25.6 Å². The van der Waals surface area contributed by atoms with Crippen LogP contribution in [0.2, 0.25) is 0 Å². The summed E-state index contributed by atoms with van der Waals surface area (Å²) in [6.07, 6.45) is 2.86. The van der Waals surface area contributed by atoms with Gasteiger partial charge in [-0.05, 0) is 31.6 Å². The van der Waals surface area contributed by atoms with E-state index in [0.29, 0.717) is 12.3 Å². The molecule has 1 heterocycles. The van der Waals surface area contributed by atoms with Crippen LogP contribution in [0.4, 0.5) is 0 Å². The fourth-order valence-electron chi connectivity index (χ4n) is 2.35. The first-order chi connectivity index (χ1) is 6.99. The summed E-state index contributed by atoms with van der Waals surface area (Å²) in [4.78, 5) is 13.9. The maximum Gasteiger partial charge on any atom is 0.224 e. The molecule has 0 aromatic heterocycles. The molecule has 1 saturated heterocycles. The third kappa shape index (κ3) is 5.17. The van der Waals surface area contributed by atoms with E-state index < -0.39 is 0 Å². The van der Waals surface area contributed by atoms with Gasteiger partial charge in [0.1, 0.15) is 0 Å². The summed E-state index contributed by atoms with van der Waals surface area (Å²) in [6, 6.07) is -0.0199. The summed E-state index contributed by atoms with van der Waals surface area (Å²) in [5.74, 6) is 1.60. The summed E-state index contributed by atoms with van der Waals surface area (Å²) in [5.41, 5.74) is 5.65. The van der Waals surface area contributed by atoms with E-state index in [1.165, 1.54) is 6.42 Å². The summed E-state index contributed by atoms with van der Waals surface area (Å²) >= 11 is 0. The van der Waals surface area contributed by atoms with Crippen LogP contribution in [0.5, 0.6) is 0 Å². The van der Waals surface area contributed by atoms with Crippen LogP contribution in [-0.4, -0.2) is 29.9 Å². The molecule has 1 rings (SSSR count). The smallest absolute Gasteiger partial charge is 0.224 e. The second kappa shape index (κ2) is 7.13. The second-order valence-electron chi connectivity index (χ2n) is 5.26. The number of rotatable bonds is 2. The van der Waals surface area contributed by atoms with Gasteiger partial charge >= 0.3 is 0 Å². The van der Waals surface area contributed by atoms with Gasteiger partial charge in [0.05, 0.1) is 0 Å². The number of hydrogen-bond donors (Lipinski definition) is 1. The monoisotopic (exact) mass is 248 g/mol. The number of carbonyl (C=O) groups excluding carboxylic acids is 1. The van der Waals surface area contributed by atoms with Gasteiger partial charge in [-0.1, -0.05) is 13.8 Å². The number of nitrogens with zero attached hydrogens (tertiary/aromatic N) is 1. The van der Waals surface area contributed by atoms with E-state index in [1.807, 2.05) is 11.8 Å². The van der Waals surface area contributed by atoms with E-state index in [2.05, 4.69) is 13.8 Å². The molecular weight excluding hydrogens is 224 g/mol. The van der Waals surface area contributed by atoms with Crippen LogP contribution in [-0.2, 0) is 4.79 Å². The van der Waals surface area contributed by atoms with Crippen LogP contribution in [0, 0.1) is 11.8 Å². The molecule has 3 atom stereocenters. The van der Waals surface area contributed by atoms with Crippen molar-refractivity contribution in [2.75, 3.05) is 13.1 Å². The molecule has 0 radical (unpaired) electrons. The van der Waals surface area contributed by atoms with Gasteiger partial charge in [-0.2, -0.15) is 0 Å². The highest BCUT2D eigenvalue weighted by Gasteiger charge is 2.22. The van der Waals surface area contributed by atoms with Crippen LogP contribution in [0.1, 0.15) is 40.0 Å². The van der Waals surface area contributed by atoms with Crippen LogP contribution in [0.25, 0.3) is 0 Å². The van der Waals surface area contributed by atoms with E-state index in [0.717, 1.165) is 25.4 Å². The van der Waals surface area contributed by atoms with Crippen molar-refractivity contribution in [2.45, 2.75) is 46.1 Å². The number of hydrogen-bond acceptors (Lipinski definition) is 2. The fourth-order valence-corrected chi connectivity index (χ4v) is 2.35. The average Bonchev–Trinajstić information content (AvgIpc) is 2.25. The van der Waals surface area contributed by atoms with Crippen molar-refractivity contribution < 1.29 is 4.79 Å². The minimum atomic E-state index is -0.0199. The molecule has 3 unspecified atom stereocenters. The molecule has 0 spiro atoms. The Morgan fingerprint density at radius 2 is 2.06 bits per heavy atom. The molecular formula is C12H25ClN2O. The molecule has 96 valence electrons. The minimum absolute atomic E-state index is 0. The Bertz CT molecular complexity index is 221. The second-order valence-corrected chi connectivity index (χ2v) is 5.26. The molecule has 0 aromatic carbocycles. The zero-order valence-corrected chi connectivity index (χ0v) is 11.4. The van der Waals surface area contributed by atoms with E-state index in [1.54, 1.807) is 0 Å². The average molecular weight is 249 g/mol. The first kappa shape index (κ1) is 15.7. The zero-order chi connectivity index (χ0) is 11.4. The molecule has 2 N–H and O–H groups in total. The largest absolute Gasteiger partial charge is 0.342 e. The maximum atomic E-state index is 11.9. The molecule has 1 aliphatic rings. The predicted octanol–water partition coefficient (Wildman–Crippen LogP) is 2.04. The lowest BCUT2D eigenvalue weighted by Gasteiger charge is -2.23. The Hall–Kier alpha value is -0.280. The van der Waals surface area contributed by atoms with E-state index in [-0.39, 0.29) is 24.4 Å². The molecule has 4 heteroatoms. The van der Waals surface area contributed by atoms with E-state index in [9.17, 15) is 4.79 Å². The van der Waals surface area contributed by atoms with Crippen molar-refractivity contribution in [3.05, 3.63) is 0 Å². The molecule has 1 fully saturated rings. The van der Waals surface area contributed by atoms with Gasteiger partial charge in [-0.3, -0.25) is 4.79 Å². The lowest BCUT2D eigenvalue weighted by Crippen LogP contribution is -2.37. The number of likely N-dealkylation sites (tertiary alicyclic amines) is 1. The highest BCUT2D eigenvalue weighted by molar-refractivity contribution is 5.85. The molecule has 0 aliphatic carbocycles. The fraction of sp³-hybridized carbons (Fsp3) is 0.917. The number of nitrogens with two attached hydrogens (primary N) is 1. The number of amides is 1. The topological polar surface area (TPSA) is 46.3 Å². The van der Waals surface area contributed by atoms with Crippen LogP contribution in [0.15, 0.2) is 0 Å². The molecule has 0 saturated carbocycles. The normalized spacial score (nSPS) is 27.9. The standard InChI is InChI=1S/C12H24N2O.ClH/c1-9-4-5-14(8-10(2)6-9)12(15)7-11(3)13;/h9-11H,4-8,13H2,1-3H3;1H. The lowest BCUT2D eigenvalue weighted by molar-refractivity contribution is -0.131. The van der Waals surface area contributed by atoms with Crippen molar-refractivity contribution in [1.29, 1.82) is 0 Å². The summed E-state index contributed by atoms with van der Waals surface area (Å²) in [6.45, 7) is 8.22. The zero-order valence-electron chi connectivity index (χ0n) is 10.6. The Kier molecular flexibility index (Phi) is 7.00. The lowest BCUT2D eigenvalue weighted by atomic mass is 9.97. The van der Waals surface area contributed by atoms with Crippen molar-refractivity contribution in [2.24, 2.45) is 17.6 Å². The maximum absolute atomic E-state index is 11.9. The van der Waals surface area contributed by atoms with E-state index in [4.69, 9.17) is 5.73 Å². The summed E-state index contributed by atoms with van der Waals surface area (Å²) < 4.78 is 0. The molecule has 16 heavy (non-hydrogen) atoms. The van der Waals surface area contributed by atoms with Crippen molar-refractivity contribution in [1.82, 2.24) is 4.90 Å². The van der Waals surface area contributed by atoms with E-state index >= 15 is 0 Å². The van der Waals surface area contributed by atoms with Crippen molar-refractivity contribution >= 4 is 18.3 Å². The van der Waals surface area contributed by atoms with Crippen LogP contribution >= 0.6 is 12.4 Å². The van der Waals surface area contributed by atoms with Gasteiger partial charge < -0.3 is 10.6 Å². The van der Waals surface area contributed by atoms with Crippen molar-refractivity contribution in [3.63, 3.8) is 0 Å². The Balaban J connectivity index is 0.00000225. The molecule has 1 amide bonds. The Morgan fingerprint density at radius 1 is 1.44 bits per heavy atom. The van der Waals surface area contributed by atoms with Gasteiger partial charge in [-0.15, -0.1) is 12.4 Å². The predicted molar refractivity (Wildman–Crippen MR) is 69.7 cm³/mol. The van der Waals surface area contributed by atoms with Gasteiger partial charge in [0.25, 0.3) is 0 Å². The molecule has 3 nitrogen and oxygen atoms in total. The quantitative estimate of drug-likeness (QED) is 0.813. The number of halogens is 1. The van der Waals surface area contributed by atoms with Crippen LogP contribution in [0.3, 0.4) is 0 Å². The SMILES string of the molecule is CC(N)CC(=O)N1CCC(C)CC(C)C1.Cl. The summed E-state index contributed by atoms with van der Waals surface area (Å²) in [5, 5.41) is 0. The van der Waals surface area contributed by atoms with Gasteiger partial charge in [0.2, 0.25) is 5.91 Å². The Morgan fingerprint density at radius 3 is 2.62 bits per heavy atom. The van der Waals surface area contributed by atoms with Crippen molar-refractivity contribution in [3.8, 4) is 0 Å². The first-order valence-corrected chi connectivity index (χ1v) is 6.02. The van der Waals surface area contributed by atoms with Crippen LogP contribution < -0.4 is 5.73 Å². The highest BCUT2D eigenvalue weighted by atomic mass is 35.5. The number of carbonyl (C=O) groups is 1. The van der Waals surface area contributed by atoms with Gasteiger partial charge in [0.15, 0.2) is 0 Å². The first-order valence-electron chi connectivity index (χ1n) is 6.02. The third-order valence-electron chi connectivity index (χ3n) is 3.08. The molecule has 0 bridgehead atoms. The minimum Gasteiger partial charge on any atom is -0.342 e. The molecule has 0 aromatic rings. The third-order valence-corrected chi connectivity index (χ3v) is 3.08. The highest BCUT2D eigenvalue weighted by Crippen LogP contribution is 2.21. The Labute approximate surface area is 105 Å².